The third-order valence-corrected chi connectivity index (χ3v) is 3.49. The van der Waals surface area contributed by atoms with Crippen LogP contribution in [0.5, 0.6) is 0 Å². The van der Waals surface area contributed by atoms with E-state index in [4.69, 9.17) is 4.74 Å². The molecule has 0 amide bonds. The molecule has 1 aliphatic heterocycles. The third-order valence-electron chi connectivity index (χ3n) is 3.49. The fourth-order valence-corrected chi connectivity index (χ4v) is 2.31. The van der Waals surface area contributed by atoms with Crippen LogP contribution < -0.4 is 0 Å². The first-order valence-corrected chi connectivity index (χ1v) is 6.13. The lowest BCUT2D eigenvalue weighted by atomic mass is 9.92. The van der Waals surface area contributed by atoms with E-state index >= 15 is 0 Å². The van der Waals surface area contributed by atoms with Crippen molar-refractivity contribution in [3.05, 3.63) is 0 Å². The summed E-state index contributed by atoms with van der Waals surface area (Å²) < 4.78 is 5.91. The van der Waals surface area contributed by atoms with Crippen molar-refractivity contribution in [3.8, 4) is 0 Å². The molecule has 1 aliphatic rings. The van der Waals surface area contributed by atoms with Gasteiger partial charge in [-0.1, -0.05) is 20.8 Å². The van der Waals surface area contributed by atoms with Gasteiger partial charge in [-0.2, -0.15) is 0 Å². The number of hydrogen-bond acceptors (Lipinski definition) is 2. The summed E-state index contributed by atoms with van der Waals surface area (Å²) in [4.78, 5) is 2.60. The molecular weight excluding hydrogens is 186 g/mol. The van der Waals surface area contributed by atoms with E-state index < -0.39 is 0 Å². The van der Waals surface area contributed by atoms with Gasteiger partial charge in [0.1, 0.15) is 0 Å². The maximum absolute atomic E-state index is 5.91. The van der Waals surface area contributed by atoms with E-state index in [1.54, 1.807) is 0 Å². The van der Waals surface area contributed by atoms with Crippen LogP contribution in [-0.2, 0) is 4.74 Å². The second-order valence-corrected chi connectivity index (χ2v) is 6.26. The predicted molar refractivity (Wildman–Crippen MR) is 65.1 cm³/mol. The van der Waals surface area contributed by atoms with Crippen LogP contribution >= 0.6 is 0 Å². The summed E-state index contributed by atoms with van der Waals surface area (Å²) in [7, 11) is 0. The Hall–Kier alpha value is -0.0800. The van der Waals surface area contributed by atoms with Gasteiger partial charge in [0, 0.05) is 18.6 Å². The molecule has 0 saturated carbocycles. The lowest BCUT2D eigenvalue weighted by Gasteiger charge is -2.48. The Bertz CT molecular complexity index is 195. The van der Waals surface area contributed by atoms with Gasteiger partial charge >= 0.3 is 0 Å². The molecule has 1 heterocycles. The zero-order valence-corrected chi connectivity index (χ0v) is 11.4. The quantitative estimate of drug-likeness (QED) is 0.664. The molecule has 0 aliphatic carbocycles. The van der Waals surface area contributed by atoms with Crippen molar-refractivity contribution in [2.24, 2.45) is 5.41 Å². The average Bonchev–Trinajstić information content (AvgIpc) is 2.08. The summed E-state index contributed by atoms with van der Waals surface area (Å²) in [6.07, 6.45) is 0.692. The van der Waals surface area contributed by atoms with Crippen LogP contribution in [0.1, 0.15) is 48.5 Å². The summed E-state index contributed by atoms with van der Waals surface area (Å²) in [5.74, 6) is 0. The van der Waals surface area contributed by atoms with Crippen molar-refractivity contribution >= 4 is 0 Å². The first kappa shape index (κ1) is 13.0. The van der Waals surface area contributed by atoms with Crippen LogP contribution in [0.15, 0.2) is 0 Å². The van der Waals surface area contributed by atoms with Gasteiger partial charge in [-0.25, -0.2) is 0 Å². The molecule has 15 heavy (non-hydrogen) atoms. The molecule has 1 rings (SSSR count). The average molecular weight is 213 g/mol. The third kappa shape index (κ3) is 3.18. The van der Waals surface area contributed by atoms with Crippen LogP contribution in [0.4, 0.5) is 0 Å². The molecule has 1 saturated heterocycles. The molecule has 2 heteroatoms. The monoisotopic (exact) mass is 213 g/mol. The fraction of sp³-hybridized carbons (Fsp3) is 1.00. The highest BCUT2D eigenvalue weighted by Gasteiger charge is 2.36. The highest BCUT2D eigenvalue weighted by Crippen LogP contribution is 2.27. The van der Waals surface area contributed by atoms with Crippen molar-refractivity contribution in [1.29, 1.82) is 0 Å². The lowest BCUT2D eigenvalue weighted by Crippen LogP contribution is -2.58. The molecule has 90 valence electrons. The van der Waals surface area contributed by atoms with Gasteiger partial charge < -0.3 is 4.74 Å². The Morgan fingerprint density at radius 2 is 1.33 bits per heavy atom. The Morgan fingerprint density at radius 3 is 1.67 bits per heavy atom. The van der Waals surface area contributed by atoms with E-state index in [2.05, 4.69) is 53.4 Å². The summed E-state index contributed by atoms with van der Waals surface area (Å²) in [6.45, 7) is 17.0. The molecule has 0 radical (unpaired) electrons. The van der Waals surface area contributed by atoms with Crippen molar-refractivity contribution in [3.63, 3.8) is 0 Å². The standard InChI is InChI=1S/C13H27NO/c1-9-11(3)15-12(4)10(2)14(9)8-13(5,6)7/h9-12H,8H2,1-7H3. The Kier molecular flexibility index (Phi) is 3.83. The number of morpholine rings is 1. The first-order valence-electron chi connectivity index (χ1n) is 6.13. The van der Waals surface area contributed by atoms with Crippen molar-refractivity contribution < 1.29 is 4.74 Å². The Labute approximate surface area is 95.0 Å². The first-order chi connectivity index (χ1) is 6.72. The molecule has 0 spiro atoms. The van der Waals surface area contributed by atoms with Gasteiger partial charge in [0.05, 0.1) is 12.2 Å². The molecule has 1 fully saturated rings. The predicted octanol–water partition coefficient (Wildman–Crippen LogP) is 2.92. The highest BCUT2D eigenvalue weighted by molar-refractivity contribution is 4.89. The van der Waals surface area contributed by atoms with Gasteiger partial charge in [0.2, 0.25) is 0 Å². The number of hydrogen-bond donors (Lipinski definition) is 0. The highest BCUT2D eigenvalue weighted by atomic mass is 16.5. The number of rotatable bonds is 1. The summed E-state index contributed by atoms with van der Waals surface area (Å²) >= 11 is 0. The van der Waals surface area contributed by atoms with E-state index in [1.165, 1.54) is 0 Å². The van der Waals surface area contributed by atoms with Crippen LogP contribution in [0, 0.1) is 5.41 Å². The van der Waals surface area contributed by atoms with E-state index in [0.29, 0.717) is 29.7 Å². The largest absolute Gasteiger partial charge is 0.372 e. The van der Waals surface area contributed by atoms with E-state index in [-0.39, 0.29) is 0 Å². The smallest absolute Gasteiger partial charge is 0.0704 e. The van der Waals surface area contributed by atoms with Crippen molar-refractivity contribution in [1.82, 2.24) is 4.90 Å². The van der Waals surface area contributed by atoms with Crippen molar-refractivity contribution in [2.75, 3.05) is 6.54 Å². The second kappa shape index (κ2) is 4.42. The van der Waals surface area contributed by atoms with Crippen molar-refractivity contribution in [2.45, 2.75) is 72.8 Å². The van der Waals surface area contributed by atoms with Gasteiger partial charge in [-0.3, -0.25) is 4.90 Å². The summed E-state index contributed by atoms with van der Waals surface area (Å²) in [5.41, 5.74) is 0.360. The molecule has 2 nitrogen and oxygen atoms in total. The van der Waals surface area contributed by atoms with Gasteiger partial charge in [0.15, 0.2) is 0 Å². The fourth-order valence-electron chi connectivity index (χ4n) is 2.31. The maximum atomic E-state index is 5.91. The van der Waals surface area contributed by atoms with Crippen LogP contribution in [0.2, 0.25) is 0 Å². The molecule has 0 N–H and O–H groups in total. The van der Waals surface area contributed by atoms with Crippen LogP contribution in [0.3, 0.4) is 0 Å². The summed E-state index contributed by atoms with van der Waals surface area (Å²) in [6, 6.07) is 1.05. The molecule has 4 atom stereocenters. The summed E-state index contributed by atoms with van der Waals surface area (Å²) in [5, 5.41) is 0. The normalized spacial score (nSPS) is 39.4. The van der Waals surface area contributed by atoms with E-state index in [0.717, 1.165) is 6.54 Å². The minimum absolute atomic E-state index is 0.346. The SMILES string of the molecule is CC1OC(C)C(C)N(CC(C)(C)C)C1C. The van der Waals surface area contributed by atoms with Gasteiger partial charge in [-0.05, 0) is 33.1 Å². The Balaban J connectivity index is 2.73. The van der Waals surface area contributed by atoms with E-state index in [9.17, 15) is 0 Å². The topological polar surface area (TPSA) is 12.5 Å². The lowest BCUT2D eigenvalue weighted by molar-refractivity contribution is -0.136. The minimum Gasteiger partial charge on any atom is -0.372 e. The molecular formula is C13H27NO. The van der Waals surface area contributed by atoms with Crippen LogP contribution in [-0.4, -0.2) is 35.7 Å². The maximum Gasteiger partial charge on any atom is 0.0704 e. The van der Waals surface area contributed by atoms with Gasteiger partial charge in [0.25, 0.3) is 0 Å². The molecule has 4 unspecified atom stereocenters. The Morgan fingerprint density at radius 1 is 0.933 bits per heavy atom. The van der Waals surface area contributed by atoms with E-state index in [1.807, 2.05) is 0 Å². The molecule has 0 bridgehead atoms. The van der Waals surface area contributed by atoms with Crippen LogP contribution in [0.25, 0.3) is 0 Å². The molecule has 0 aromatic heterocycles. The zero-order valence-electron chi connectivity index (χ0n) is 11.4. The number of ether oxygens (including phenoxy) is 1. The zero-order chi connectivity index (χ0) is 11.8. The number of nitrogens with zero attached hydrogens (tertiary/aromatic N) is 1. The molecule has 0 aromatic rings. The molecule has 0 aromatic carbocycles. The second-order valence-electron chi connectivity index (χ2n) is 6.26. The minimum atomic E-state index is 0.346. The van der Waals surface area contributed by atoms with Gasteiger partial charge in [-0.15, -0.1) is 0 Å².